The van der Waals surface area contributed by atoms with Crippen molar-refractivity contribution in [2.45, 2.75) is 6.54 Å². The fourth-order valence-corrected chi connectivity index (χ4v) is 3.57. The molecule has 0 amide bonds. The molecule has 2 aromatic carbocycles. The van der Waals surface area contributed by atoms with Crippen LogP contribution in [0.15, 0.2) is 65.9 Å². The quantitative estimate of drug-likeness (QED) is 0.725. The smallest absolute Gasteiger partial charge is 0.104 e. The third kappa shape index (κ3) is 3.59. The minimum Gasteiger partial charge on any atom is -0.350 e. The van der Waals surface area contributed by atoms with Gasteiger partial charge in [-0.1, -0.05) is 42.5 Å². The van der Waals surface area contributed by atoms with Gasteiger partial charge in [-0.3, -0.25) is 5.01 Å². The van der Waals surface area contributed by atoms with Gasteiger partial charge in [-0.15, -0.1) is 0 Å². The molecule has 3 aromatic rings. The number of aromatic nitrogens is 1. The van der Waals surface area contributed by atoms with Crippen LogP contribution in [0, 0.1) is 0 Å². The number of nitrogens with one attached hydrogen (secondary N) is 1. The molecule has 0 aliphatic carbocycles. The van der Waals surface area contributed by atoms with E-state index in [1.165, 1.54) is 16.3 Å². The van der Waals surface area contributed by atoms with Gasteiger partial charge in [-0.05, 0) is 22.9 Å². The number of fused-ring (bicyclic) bond motifs is 1. The maximum atomic E-state index is 4.65. The summed E-state index contributed by atoms with van der Waals surface area (Å²) in [4.78, 5) is 1.64. The van der Waals surface area contributed by atoms with Crippen LogP contribution in [0.2, 0.25) is 0 Å². The van der Waals surface area contributed by atoms with Crippen LogP contribution in [0.3, 0.4) is 0 Å². The number of rotatable bonds is 4. The summed E-state index contributed by atoms with van der Waals surface area (Å²) in [5.74, 6) is 0. The third-order valence-corrected chi connectivity index (χ3v) is 5.10. The van der Waals surface area contributed by atoms with E-state index in [4.69, 9.17) is 0 Å². The predicted octanol–water partition coefficient (Wildman–Crippen LogP) is 1.91. The van der Waals surface area contributed by atoms with Crippen molar-refractivity contribution in [3.8, 4) is 0 Å². The van der Waals surface area contributed by atoms with Crippen molar-refractivity contribution in [1.29, 1.82) is 0 Å². The van der Waals surface area contributed by atoms with E-state index in [0.29, 0.717) is 0 Å². The zero-order valence-electron chi connectivity index (χ0n) is 14.7. The molecule has 1 saturated heterocycles. The molecule has 1 aromatic heterocycles. The molecular formula is C21H25N4+. The van der Waals surface area contributed by atoms with Crippen LogP contribution in [0.1, 0.15) is 11.3 Å². The molecule has 0 saturated carbocycles. The van der Waals surface area contributed by atoms with Crippen molar-refractivity contribution in [1.82, 2.24) is 9.58 Å². The SMILES string of the molecule is Cn1cccc1/C=N\N1CC[NH+](Cc2cccc3ccccc23)CC1. The fraction of sp³-hybridized carbons (Fsp3) is 0.286. The van der Waals surface area contributed by atoms with Crippen molar-refractivity contribution in [3.05, 3.63) is 72.1 Å². The van der Waals surface area contributed by atoms with Crippen LogP contribution >= 0.6 is 0 Å². The monoisotopic (exact) mass is 333 g/mol. The Labute approximate surface area is 149 Å². The van der Waals surface area contributed by atoms with Crippen LogP contribution in [-0.4, -0.2) is 42.0 Å². The van der Waals surface area contributed by atoms with Crippen molar-refractivity contribution < 1.29 is 4.90 Å². The molecule has 0 radical (unpaired) electrons. The summed E-state index contributed by atoms with van der Waals surface area (Å²) in [5.41, 5.74) is 2.60. The summed E-state index contributed by atoms with van der Waals surface area (Å²) < 4.78 is 2.09. The van der Waals surface area contributed by atoms with E-state index in [1.54, 1.807) is 4.90 Å². The Hall–Kier alpha value is -2.59. The van der Waals surface area contributed by atoms with Gasteiger partial charge < -0.3 is 9.47 Å². The largest absolute Gasteiger partial charge is 0.350 e. The van der Waals surface area contributed by atoms with Crippen molar-refractivity contribution >= 4 is 17.0 Å². The number of hydrazone groups is 1. The van der Waals surface area contributed by atoms with E-state index >= 15 is 0 Å². The molecule has 0 bridgehead atoms. The molecule has 1 N–H and O–H groups in total. The van der Waals surface area contributed by atoms with Crippen molar-refractivity contribution in [3.63, 3.8) is 0 Å². The highest BCUT2D eigenvalue weighted by molar-refractivity contribution is 5.85. The summed E-state index contributed by atoms with van der Waals surface area (Å²) in [6, 6.07) is 19.5. The Bertz CT molecular complexity index is 867. The number of hydrogen-bond donors (Lipinski definition) is 1. The highest BCUT2D eigenvalue weighted by atomic mass is 15.5. The number of benzene rings is 2. The average Bonchev–Trinajstić information content (AvgIpc) is 3.06. The van der Waals surface area contributed by atoms with Crippen LogP contribution in [0.25, 0.3) is 10.8 Å². The van der Waals surface area contributed by atoms with Gasteiger partial charge in [0, 0.05) is 18.8 Å². The van der Waals surface area contributed by atoms with Crippen LogP contribution in [-0.2, 0) is 13.6 Å². The summed E-state index contributed by atoms with van der Waals surface area (Å²) in [7, 11) is 2.05. The van der Waals surface area contributed by atoms with Gasteiger partial charge in [0.1, 0.15) is 6.54 Å². The van der Waals surface area contributed by atoms with Gasteiger partial charge in [0.15, 0.2) is 0 Å². The standard InChI is InChI=1S/C21H24N4/c1-23-11-5-9-20(23)16-22-25-14-12-24(13-15-25)17-19-8-4-7-18-6-2-3-10-21(18)19/h2-11,16H,12-15,17H2,1H3/p+1/b22-16-. The van der Waals surface area contributed by atoms with E-state index in [1.807, 2.05) is 25.5 Å². The lowest BCUT2D eigenvalue weighted by atomic mass is 10.0. The highest BCUT2D eigenvalue weighted by Crippen LogP contribution is 2.17. The van der Waals surface area contributed by atoms with E-state index in [9.17, 15) is 0 Å². The number of quaternary nitrogens is 1. The molecule has 25 heavy (non-hydrogen) atoms. The fourth-order valence-electron chi connectivity index (χ4n) is 3.57. The second kappa shape index (κ2) is 7.11. The third-order valence-electron chi connectivity index (χ3n) is 5.10. The van der Waals surface area contributed by atoms with Gasteiger partial charge in [-0.25, -0.2) is 0 Å². The lowest BCUT2D eigenvalue weighted by molar-refractivity contribution is -0.918. The van der Waals surface area contributed by atoms with E-state index in [2.05, 4.69) is 63.2 Å². The summed E-state index contributed by atoms with van der Waals surface area (Å²) in [5, 5.41) is 9.57. The number of hydrogen-bond acceptors (Lipinski definition) is 2. The van der Waals surface area contributed by atoms with Gasteiger partial charge in [-0.2, -0.15) is 5.10 Å². The van der Waals surface area contributed by atoms with E-state index in [0.717, 1.165) is 38.4 Å². The predicted molar refractivity (Wildman–Crippen MR) is 103 cm³/mol. The molecule has 0 atom stereocenters. The number of aryl methyl sites for hydroxylation is 1. The number of nitrogens with zero attached hydrogens (tertiary/aromatic N) is 3. The first-order chi connectivity index (χ1) is 12.3. The Kier molecular flexibility index (Phi) is 4.53. The zero-order valence-corrected chi connectivity index (χ0v) is 14.7. The Morgan fingerprint density at radius 2 is 1.80 bits per heavy atom. The topological polar surface area (TPSA) is 25.0 Å². The minimum atomic E-state index is 1.01. The molecule has 4 rings (SSSR count). The van der Waals surface area contributed by atoms with E-state index in [-0.39, 0.29) is 0 Å². The molecule has 1 fully saturated rings. The highest BCUT2D eigenvalue weighted by Gasteiger charge is 2.19. The Morgan fingerprint density at radius 1 is 1.00 bits per heavy atom. The second-order valence-electron chi connectivity index (χ2n) is 6.81. The summed E-state index contributed by atoms with van der Waals surface area (Å²) in [6.07, 6.45) is 4.02. The maximum Gasteiger partial charge on any atom is 0.104 e. The van der Waals surface area contributed by atoms with Crippen LogP contribution < -0.4 is 4.90 Å². The molecule has 4 heteroatoms. The zero-order chi connectivity index (χ0) is 17.1. The summed E-state index contributed by atoms with van der Waals surface area (Å²) in [6.45, 7) is 5.39. The normalized spacial score (nSPS) is 16.1. The molecule has 1 aliphatic heterocycles. The van der Waals surface area contributed by atoms with Crippen LogP contribution in [0.5, 0.6) is 0 Å². The molecule has 4 nitrogen and oxygen atoms in total. The first-order valence-electron chi connectivity index (χ1n) is 9.00. The lowest BCUT2D eigenvalue weighted by Crippen LogP contribution is -3.13. The Morgan fingerprint density at radius 3 is 2.60 bits per heavy atom. The first-order valence-corrected chi connectivity index (χ1v) is 9.00. The van der Waals surface area contributed by atoms with Gasteiger partial charge in [0.25, 0.3) is 0 Å². The van der Waals surface area contributed by atoms with Gasteiger partial charge >= 0.3 is 0 Å². The minimum absolute atomic E-state index is 1.01. The Balaban J connectivity index is 1.37. The van der Waals surface area contributed by atoms with Crippen LogP contribution in [0.4, 0.5) is 0 Å². The molecule has 1 aliphatic rings. The number of piperazine rings is 1. The average molecular weight is 333 g/mol. The van der Waals surface area contributed by atoms with Gasteiger partial charge in [0.2, 0.25) is 0 Å². The molecule has 0 spiro atoms. The summed E-state index contributed by atoms with van der Waals surface area (Å²) >= 11 is 0. The maximum absolute atomic E-state index is 4.65. The van der Waals surface area contributed by atoms with Crippen molar-refractivity contribution in [2.75, 3.05) is 26.2 Å². The molecule has 2 heterocycles. The van der Waals surface area contributed by atoms with Gasteiger partial charge in [0.05, 0.1) is 38.1 Å². The first kappa shape index (κ1) is 15.9. The molecule has 0 unspecified atom stereocenters. The van der Waals surface area contributed by atoms with Crippen molar-refractivity contribution in [2.24, 2.45) is 12.1 Å². The molecule has 128 valence electrons. The lowest BCUT2D eigenvalue weighted by Gasteiger charge is -2.30. The molecular weight excluding hydrogens is 308 g/mol. The van der Waals surface area contributed by atoms with E-state index < -0.39 is 0 Å². The second-order valence-corrected chi connectivity index (χ2v) is 6.81.